The number of anilines is 1. The molecule has 1 atom stereocenters. The molecule has 8 heteroatoms. The third-order valence-electron chi connectivity index (χ3n) is 4.85. The van der Waals surface area contributed by atoms with Crippen LogP contribution in [0.15, 0.2) is 47.5 Å². The smallest absolute Gasteiger partial charge is 0.309 e. The van der Waals surface area contributed by atoms with Crippen molar-refractivity contribution in [1.29, 1.82) is 0 Å². The second-order valence-electron chi connectivity index (χ2n) is 6.77. The number of halogens is 3. The molecule has 0 radical (unpaired) electrons. The molecule has 144 valence electrons. The lowest BCUT2D eigenvalue weighted by molar-refractivity contribution is -0.138. The minimum absolute atomic E-state index is 0.200. The van der Waals surface area contributed by atoms with Crippen LogP contribution in [0, 0.1) is 5.92 Å². The lowest BCUT2D eigenvalue weighted by Gasteiger charge is -2.23. The van der Waals surface area contributed by atoms with Gasteiger partial charge in [0, 0.05) is 18.5 Å². The van der Waals surface area contributed by atoms with Gasteiger partial charge in [0.05, 0.1) is 5.56 Å². The fraction of sp³-hybridized carbons (Fsp3) is 0.421. The number of hydrogen-bond donors (Lipinski definition) is 1. The summed E-state index contributed by atoms with van der Waals surface area (Å²) in [7, 11) is 0. The molecule has 2 heterocycles. The highest BCUT2D eigenvalue weighted by Crippen LogP contribution is 2.33. The number of carbonyl (C=O) groups excluding carboxylic acids is 1. The molecule has 1 fully saturated rings. The van der Waals surface area contributed by atoms with E-state index >= 15 is 0 Å². The molecule has 5 nitrogen and oxygen atoms in total. The van der Waals surface area contributed by atoms with Crippen molar-refractivity contribution >= 4 is 11.7 Å². The summed E-state index contributed by atoms with van der Waals surface area (Å²) in [4.78, 5) is 29.1. The van der Waals surface area contributed by atoms with Gasteiger partial charge in [0.15, 0.2) is 0 Å². The maximum Gasteiger partial charge on any atom is 0.417 e. The summed E-state index contributed by atoms with van der Waals surface area (Å²) in [6, 6.07) is 5.53. The van der Waals surface area contributed by atoms with E-state index in [0.29, 0.717) is 12.2 Å². The Morgan fingerprint density at radius 3 is 2.59 bits per heavy atom. The minimum atomic E-state index is -4.59. The normalized spacial score (nSPS) is 16.3. The van der Waals surface area contributed by atoms with E-state index in [1.807, 2.05) is 0 Å². The number of amides is 1. The SMILES string of the molecule is O=C(Nc1ccccn1)[C@H](CC1CCCC1)n1cc(C(F)(F)F)ccc1=O. The van der Waals surface area contributed by atoms with Crippen LogP contribution in [0.2, 0.25) is 0 Å². The highest BCUT2D eigenvalue weighted by molar-refractivity contribution is 5.92. The molecule has 27 heavy (non-hydrogen) atoms. The Bertz CT molecular complexity index is 843. The number of nitrogens with zero attached hydrogens (tertiary/aromatic N) is 2. The highest BCUT2D eigenvalue weighted by Gasteiger charge is 2.33. The number of alkyl halides is 3. The standard InChI is InChI=1S/C19H20F3N3O2/c20-19(21,22)14-8-9-17(26)25(12-14)15(11-13-5-1-2-6-13)18(27)24-16-7-3-4-10-23-16/h3-4,7-10,12-13,15H,1-2,5-6,11H2,(H,23,24,27)/t15-/m0/s1. The first-order valence-corrected chi connectivity index (χ1v) is 8.86. The zero-order valence-corrected chi connectivity index (χ0v) is 14.6. The Morgan fingerprint density at radius 2 is 1.96 bits per heavy atom. The molecular weight excluding hydrogens is 359 g/mol. The van der Waals surface area contributed by atoms with Gasteiger partial charge < -0.3 is 9.88 Å². The van der Waals surface area contributed by atoms with Crippen molar-refractivity contribution in [2.24, 2.45) is 5.92 Å². The topological polar surface area (TPSA) is 64.0 Å². The molecule has 0 aliphatic heterocycles. The molecule has 3 rings (SSSR count). The van der Waals surface area contributed by atoms with Crippen molar-refractivity contribution in [3.63, 3.8) is 0 Å². The minimum Gasteiger partial charge on any atom is -0.309 e. The molecule has 1 saturated carbocycles. The van der Waals surface area contributed by atoms with Crippen molar-refractivity contribution in [3.05, 3.63) is 58.6 Å². The summed E-state index contributed by atoms with van der Waals surface area (Å²) in [6.07, 6.45) is 1.82. The number of hydrogen-bond acceptors (Lipinski definition) is 3. The predicted octanol–water partition coefficient (Wildman–Crippen LogP) is 4.02. The highest BCUT2D eigenvalue weighted by atomic mass is 19.4. The summed E-state index contributed by atoms with van der Waals surface area (Å²) >= 11 is 0. The van der Waals surface area contributed by atoms with Crippen molar-refractivity contribution in [2.75, 3.05) is 5.32 Å². The molecule has 0 bridgehead atoms. The average Bonchev–Trinajstić information content (AvgIpc) is 3.13. The van der Waals surface area contributed by atoms with E-state index in [1.54, 1.807) is 18.2 Å². The van der Waals surface area contributed by atoms with Crippen LogP contribution >= 0.6 is 0 Å². The van der Waals surface area contributed by atoms with Gasteiger partial charge in [0.25, 0.3) is 5.56 Å². The number of nitrogens with one attached hydrogen (secondary N) is 1. The molecule has 2 aromatic rings. The fourth-order valence-electron chi connectivity index (χ4n) is 3.47. The molecule has 2 aromatic heterocycles. The van der Waals surface area contributed by atoms with Gasteiger partial charge in [0.2, 0.25) is 5.91 Å². The Kier molecular flexibility index (Phi) is 5.62. The van der Waals surface area contributed by atoms with Crippen molar-refractivity contribution in [3.8, 4) is 0 Å². The van der Waals surface area contributed by atoms with Crippen molar-refractivity contribution in [2.45, 2.75) is 44.3 Å². The summed E-state index contributed by atoms with van der Waals surface area (Å²) in [6.45, 7) is 0. The molecule has 0 saturated heterocycles. The summed E-state index contributed by atoms with van der Waals surface area (Å²) in [5.41, 5.74) is -1.59. The van der Waals surface area contributed by atoms with E-state index in [-0.39, 0.29) is 5.92 Å². The Hall–Kier alpha value is -2.64. The van der Waals surface area contributed by atoms with Gasteiger partial charge in [-0.25, -0.2) is 4.98 Å². The molecule has 1 aliphatic carbocycles. The first kappa shape index (κ1) is 19.1. The van der Waals surface area contributed by atoms with Crippen LogP contribution in [-0.4, -0.2) is 15.5 Å². The summed E-state index contributed by atoms with van der Waals surface area (Å²) in [5, 5.41) is 2.61. The lowest BCUT2D eigenvalue weighted by atomic mass is 9.97. The van der Waals surface area contributed by atoms with E-state index in [4.69, 9.17) is 0 Å². The largest absolute Gasteiger partial charge is 0.417 e. The molecule has 1 aliphatic rings. The third-order valence-corrected chi connectivity index (χ3v) is 4.85. The average molecular weight is 379 g/mol. The second-order valence-corrected chi connectivity index (χ2v) is 6.77. The monoisotopic (exact) mass is 379 g/mol. The zero-order valence-electron chi connectivity index (χ0n) is 14.6. The van der Waals surface area contributed by atoms with Crippen LogP contribution in [-0.2, 0) is 11.0 Å². The van der Waals surface area contributed by atoms with E-state index in [1.165, 1.54) is 6.20 Å². The quantitative estimate of drug-likeness (QED) is 0.853. The van der Waals surface area contributed by atoms with Gasteiger partial charge >= 0.3 is 6.18 Å². The van der Waals surface area contributed by atoms with Gasteiger partial charge in [0.1, 0.15) is 11.9 Å². The van der Waals surface area contributed by atoms with Gasteiger partial charge in [-0.15, -0.1) is 0 Å². The van der Waals surface area contributed by atoms with Gasteiger partial charge in [-0.2, -0.15) is 13.2 Å². The predicted molar refractivity (Wildman–Crippen MR) is 94.2 cm³/mol. The first-order chi connectivity index (χ1) is 12.8. The van der Waals surface area contributed by atoms with Crippen LogP contribution in [0.1, 0.15) is 43.7 Å². The van der Waals surface area contributed by atoms with Crippen LogP contribution in [0.3, 0.4) is 0 Å². The molecule has 0 aromatic carbocycles. The van der Waals surface area contributed by atoms with Crippen LogP contribution < -0.4 is 10.9 Å². The molecule has 1 N–H and O–H groups in total. The Morgan fingerprint density at radius 1 is 1.22 bits per heavy atom. The zero-order chi connectivity index (χ0) is 19.4. The van der Waals surface area contributed by atoms with E-state index in [2.05, 4.69) is 10.3 Å². The molecule has 0 spiro atoms. The second kappa shape index (κ2) is 7.94. The Balaban J connectivity index is 1.94. The first-order valence-electron chi connectivity index (χ1n) is 8.86. The Labute approximate surface area is 154 Å². The number of pyridine rings is 2. The van der Waals surface area contributed by atoms with Gasteiger partial charge in [-0.3, -0.25) is 9.59 Å². The van der Waals surface area contributed by atoms with Crippen LogP contribution in [0.25, 0.3) is 0 Å². The van der Waals surface area contributed by atoms with E-state index in [9.17, 15) is 22.8 Å². The summed E-state index contributed by atoms with van der Waals surface area (Å²) < 4.78 is 40.2. The maximum atomic E-state index is 13.1. The molecule has 0 unspecified atom stereocenters. The molecular formula is C19H20F3N3O2. The van der Waals surface area contributed by atoms with Crippen LogP contribution in [0.4, 0.5) is 19.0 Å². The van der Waals surface area contributed by atoms with E-state index in [0.717, 1.165) is 48.6 Å². The van der Waals surface area contributed by atoms with Crippen LogP contribution in [0.5, 0.6) is 0 Å². The number of aromatic nitrogens is 2. The van der Waals surface area contributed by atoms with E-state index < -0.39 is 29.2 Å². The summed E-state index contributed by atoms with van der Waals surface area (Å²) in [5.74, 6) is -0.0492. The lowest BCUT2D eigenvalue weighted by Crippen LogP contribution is -2.35. The van der Waals surface area contributed by atoms with Crippen molar-refractivity contribution in [1.82, 2.24) is 9.55 Å². The molecule has 1 amide bonds. The third kappa shape index (κ3) is 4.75. The van der Waals surface area contributed by atoms with Gasteiger partial charge in [-0.1, -0.05) is 31.7 Å². The van der Waals surface area contributed by atoms with Gasteiger partial charge in [-0.05, 0) is 30.5 Å². The van der Waals surface area contributed by atoms with Crippen molar-refractivity contribution < 1.29 is 18.0 Å². The number of carbonyl (C=O) groups is 1. The maximum absolute atomic E-state index is 13.1. The number of rotatable bonds is 5. The fourth-order valence-corrected chi connectivity index (χ4v) is 3.47.